The van der Waals surface area contributed by atoms with Crippen LogP contribution in [0.1, 0.15) is 20.8 Å². The van der Waals surface area contributed by atoms with Gasteiger partial charge in [-0.05, 0) is 0 Å². The van der Waals surface area contributed by atoms with Gasteiger partial charge in [0.15, 0.2) is 0 Å². The average molecular weight is 265 g/mol. The Hall–Kier alpha value is -1.03. The van der Waals surface area contributed by atoms with Crippen LogP contribution < -0.4 is 4.46 Å². The molecule has 1 rings (SSSR count). The molecule has 78 valence electrons. The van der Waals surface area contributed by atoms with Gasteiger partial charge in [0.1, 0.15) is 0 Å². The minimum absolute atomic E-state index is 0.0142. The summed E-state index contributed by atoms with van der Waals surface area (Å²) in [6.45, 7) is 5.67. The molecule has 0 aromatic heterocycles. The maximum absolute atomic E-state index is 11.5. The van der Waals surface area contributed by atoms with Gasteiger partial charge in [-0.3, -0.25) is 0 Å². The third-order valence-electron chi connectivity index (χ3n) is 1.76. The predicted octanol–water partition coefficient (Wildman–Crippen LogP) is 1.59. The van der Waals surface area contributed by atoms with E-state index in [0.29, 0.717) is 0 Å². The normalized spacial score (nSPS) is 10.3. The summed E-state index contributed by atoms with van der Waals surface area (Å²) in [5, 5.41) is 0. The molecule has 0 atom stereocenters. The summed E-state index contributed by atoms with van der Waals surface area (Å²) in [7, 11) is 0. The molecule has 0 aliphatic carbocycles. The second kappa shape index (κ2) is 5.16. The number of carbonyl (C=O) groups excluding carboxylic acids is 1. The first-order valence-corrected chi connectivity index (χ1v) is 6.49. The Morgan fingerprint density at radius 3 is 2.33 bits per heavy atom. The van der Waals surface area contributed by atoms with Gasteiger partial charge < -0.3 is 0 Å². The van der Waals surface area contributed by atoms with Crippen molar-refractivity contribution in [2.24, 2.45) is 5.41 Å². The van der Waals surface area contributed by atoms with E-state index < -0.39 is 0 Å². The summed E-state index contributed by atoms with van der Waals surface area (Å²) >= 11 is 0.0855. The van der Waals surface area contributed by atoms with E-state index in [1.807, 2.05) is 51.1 Å². The first-order valence-electron chi connectivity index (χ1n) is 4.77. The van der Waals surface area contributed by atoms with E-state index in [0.717, 1.165) is 0 Å². The summed E-state index contributed by atoms with van der Waals surface area (Å²) in [6.07, 6.45) is 0. The van der Waals surface area contributed by atoms with Gasteiger partial charge in [-0.1, -0.05) is 0 Å². The zero-order valence-electron chi connectivity index (χ0n) is 9.20. The molecule has 0 heterocycles. The third-order valence-corrected chi connectivity index (χ3v) is 3.25. The molecule has 0 N–H and O–H groups in total. The number of ketones is 1. The number of rotatable bonds is 1. The quantitative estimate of drug-likeness (QED) is 0.556. The van der Waals surface area contributed by atoms with E-state index in [9.17, 15) is 4.79 Å². The molecule has 0 aliphatic heterocycles. The van der Waals surface area contributed by atoms with Gasteiger partial charge in [0, 0.05) is 0 Å². The molecular weight excluding hydrogens is 251 g/mol. The van der Waals surface area contributed by atoms with E-state index in [4.69, 9.17) is 0 Å². The van der Waals surface area contributed by atoms with Gasteiger partial charge in [0.25, 0.3) is 0 Å². The molecule has 0 fully saturated rings. The van der Waals surface area contributed by atoms with Crippen LogP contribution in [0, 0.1) is 16.2 Å². The van der Waals surface area contributed by atoms with Gasteiger partial charge >= 0.3 is 97.3 Å². The Bertz CT molecular complexity index is 390. The van der Waals surface area contributed by atoms with Crippen molar-refractivity contribution >= 4 is 25.2 Å². The average Bonchev–Trinajstić information content (AvgIpc) is 2.18. The molecule has 1 nitrogen and oxygen atoms in total. The van der Waals surface area contributed by atoms with E-state index in [2.05, 4.69) is 10.7 Å². The zero-order valence-corrected chi connectivity index (χ0v) is 10.9. The monoisotopic (exact) mass is 266 g/mol. The molecule has 0 saturated heterocycles. The molecule has 2 heteroatoms. The van der Waals surface area contributed by atoms with Crippen LogP contribution in [0.4, 0.5) is 0 Å². The number of carbonyl (C=O) groups is 1. The summed E-state index contributed by atoms with van der Waals surface area (Å²) < 4.78 is 1.21. The molecule has 1 aromatic carbocycles. The molecule has 0 spiro atoms. The molecule has 0 aliphatic rings. The van der Waals surface area contributed by atoms with Crippen LogP contribution in [0.5, 0.6) is 0 Å². The Morgan fingerprint density at radius 2 is 1.80 bits per heavy atom. The van der Waals surface area contributed by atoms with Crippen LogP contribution in [0.2, 0.25) is 0 Å². The van der Waals surface area contributed by atoms with Gasteiger partial charge in [-0.15, -0.1) is 0 Å². The molecule has 0 radical (unpaired) electrons. The zero-order chi connectivity index (χ0) is 11.3. The molecule has 1 aromatic rings. The number of hydrogen-bond donors (Lipinski definition) is 0. The standard InChI is InChI=1S/C13H14OSe/c1-13(2,3)12(14)9-10-15-11-7-5-4-6-8-11/h4-8H,1-3H3. The van der Waals surface area contributed by atoms with Crippen molar-refractivity contribution in [3.63, 3.8) is 0 Å². The van der Waals surface area contributed by atoms with Crippen LogP contribution in [0.3, 0.4) is 0 Å². The van der Waals surface area contributed by atoms with E-state index in [1.165, 1.54) is 4.46 Å². The van der Waals surface area contributed by atoms with E-state index in [1.54, 1.807) is 0 Å². The van der Waals surface area contributed by atoms with E-state index in [-0.39, 0.29) is 26.2 Å². The van der Waals surface area contributed by atoms with Crippen LogP contribution >= 0.6 is 0 Å². The van der Waals surface area contributed by atoms with Crippen molar-refractivity contribution < 1.29 is 4.79 Å². The van der Waals surface area contributed by atoms with Crippen LogP contribution in [-0.2, 0) is 4.79 Å². The van der Waals surface area contributed by atoms with Crippen LogP contribution in [0.25, 0.3) is 0 Å². The molecular formula is C13H14OSe. The fourth-order valence-corrected chi connectivity index (χ4v) is 1.97. The topological polar surface area (TPSA) is 17.1 Å². The van der Waals surface area contributed by atoms with Crippen molar-refractivity contribution in [1.29, 1.82) is 0 Å². The van der Waals surface area contributed by atoms with Crippen molar-refractivity contribution in [3.8, 4) is 10.7 Å². The van der Waals surface area contributed by atoms with Crippen molar-refractivity contribution in [1.82, 2.24) is 0 Å². The number of hydrogen-bond acceptors (Lipinski definition) is 1. The fourth-order valence-electron chi connectivity index (χ4n) is 0.807. The molecule has 0 unspecified atom stereocenters. The summed E-state index contributed by atoms with van der Waals surface area (Å²) in [5.41, 5.74) is -0.347. The predicted molar refractivity (Wildman–Crippen MR) is 64.1 cm³/mol. The Labute approximate surface area is 97.4 Å². The molecule has 15 heavy (non-hydrogen) atoms. The molecule has 0 bridgehead atoms. The fraction of sp³-hybridized carbons (Fsp3) is 0.308. The Kier molecular flexibility index (Phi) is 4.15. The summed E-state index contributed by atoms with van der Waals surface area (Å²) in [5.74, 6) is 2.72. The first-order chi connectivity index (χ1) is 7.00. The summed E-state index contributed by atoms with van der Waals surface area (Å²) in [4.78, 5) is 14.5. The minimum atomic E-state index is -0.347. The second-order valence-electron chi connectivity index (χ2n) is 4.22. The second-order valence-corrected chi connectivity index (χ2v) is 6.07. The molecule has 0 saturated carbocycles. The SMILES string of the molecule is CC(C)(C)C(=O)C#C[Se]c1ccccc1. The van der Waals surface area contributed by atoms with Gasteiger partial charge in [-0.25, -0.2) is 0 Å². The first kappa shape index (κ1) is 12.0. The van der Waals surface area contributed by atoms with Crippen LogP contribution in [-0.4, -0.2) is 20.7 Å². The van der Waals surface area contributed by atoms with Crippen LogP contribution in [0.15, 0.2) is 30.3 Å². The van der Waals surface area contributed by atoms with Gasteiger partial charge in [-0.2, -0.15) is 0 Å². The van der Waals surface area contributed by atoms with Crippen molar-refractivity contribution in [2.45, 2.75) is 20.8 Å². The van der Waals surface area contributed by atoms with E-state index >= 15 is 0 Å². The Balaban J connectivity index is 2.59. The Morgan fingerprint density at radius 1 is 1.20 bits per heavy atom. The van der Waals surface area contributed by atoms with Crippen molar-refractivity contribution in [2.75, 3.05) is 0 Å². The van der Waals surface area contributed by atoms with Gasteiger partial charge in [0.2, 0.25) is 0 Å². The summed E-state index contributed by atoms with van der Waals surface area (Å²) in [6, 6.07) is 10.0. The molecule has 0 amide bonds. The van der Waals surface area contributed by atoms with Crippen molar-refractivity contribution in [3.05, 3.63) is 30.3 Å². The number of benzene rings is 1. The third kappa shape index (κ3) is 4.34. The van der Waals surface area contributed by atoms with Gasteiger partial charge in [0.05, 0.1) is 0 Å². The maximum atomic E-state index is 11.5. The number of Topliss-reactive ketones (excluding diaryl/α,β-unsaturated/α-hetero) is 1.